The minimum absolute atomic E-state index is 0.129. The Kier molecular flexibility index (Phi) is 7.97. The van der Waals surface area contributed by atoms with Crippen molar-refractivity contribution in [3.05, 3.63) is 52.4 Å². The predicted molar refractivity (Wildman–Crippen MR) is 107 cm³/mol. The second-order valence-corrected chi connectivity index (χ2v) is 7.16. The maximum Gasteiger partial charge on any atom is 0.387 e. The lowest BCUT2D eigenvalue weighted by atomic mass is 9.80. The number of carbonyl (C=O) groups excluding carboxylic acids is 2. The van der Waals surface area contributed by atoms with Crippen molar-refractivity contribution in [2.75, 3.05) is 13.7 Å². The highest BCUT2D eigenvalue weighted by Crippen LogP contribution is 2.43. The van der Waals surface area contributed by atoms with Crippen LogP contribution in [0.15, 0.2) is 46.8 Å². The number of benzene rings is 1. The summed E-state index contributed by atoms with van der Waals surface area (Å²) in [6, 6.07) is 6.07. The molecule has 0 aliphatic carbocycles. The molecule has 0 aromatic heterocycles. The van der Waals surface area contributed by atoms with E-state index >= 15 is 0 Å². The van der Waals surface area contributed by atoms with E-state index in [-0.39, 0.29) is 35.0 Å². The van der Waals surface area contributed by atoms with Crippen molar-refractivity contribution in [3.63, 3.8) is 0 Å². The minimum atomic E-state index is -3.06. The van der Waals surface area contributed by atoms with Gasteiger partial charge in [0.2, 0.25) is 0 Å². The Bertz CT molecular complexity index is 863. The number of para-hydroxylation sites is 1. The number of nitrogens with one attached hydrogen (secondary N) is 1. The standard InChI is InChI=1S/C22H27F2NO5/c1-6-12(2)11-29-21(27)18-14(4)25-13(3)17(20(26)28-5)19(18)15-9-7-8-10-16(15)30-22(23)24/h7-10,12,19,22,25H,6,11H2,1-5H3/t12-,19+/m0/s1. The molecule has 1 aromatic carbocycles. The fourth-order valence-electron chi connectivity index (χ4n) is 3.29. The Labute approximate surface area is 174 Å². The van der Waals surface area contributed by atoms with Crippen molar-refractivity contribution in [3.8, 4) is 5.75 Å². The van der Waals surface area contributed by atoms with Gasteiger partial charge in [0.05, 0.1) is 30.8 Å². The maximum absolute atomic E-state index is 13.0. The summed E-state index contributed by atoms with van der Waals surface area (Å²) in [5, 5.41) is 3.01. The fourth-order valence-corrected chi connectivity index (χ4v) is 3.29. The number of esters is 2. The van der Waals surface area contributed by atoms with Crippen LogP contribution in [0.4, 0.5) is 8.78 Å². The number of dihydropyridines is 1. The van der Waals surface area contributed by atoms with E-state index in [1.54, 1.807) is 26.0 Å². The smallest absolute Gasteiger partial charge is 0.387 e. The molecule has 0 fully saturated rings. The van der Waals surface area contributed by atoms with Crippen LogP contribution in [-0.2, 0) is 19.1 Å². The first-order valence-electron chi connectivity index (χ1n) is 9.68. The van der Waals surface area contributed by atoms with Crippen molar-refractivity contribution >= 4 is 11.9 Å². The lowest BCUT2D eigenvalue weighted by molar-refractivity contribution is -0.140. The van der Waals surface area contributed by atoms with E-state index in [9.17, 15) is 18.4 Å². The van der Waals surface area contributed by atoms with Gasteiger partial charge in [-0.15, -0.1) is 0 Å². The van der Waals surface area contributed by atoms with Crippen LogP contribution in [0.5, 0.6) is 5.75 Å². The summed E-state index contributed by atoms with van der Waals surface area (Å²) in [4.78, 5) is 25.6. The molecule has 8 heteroatoms. The first kappa shape index (κ1) is 23.4. The molecule has 0 saturated heterocycles. The van der Waals surface area contributed by atoms with Crippen molar-refractivity contribution < 1.29 is 32.6 Å². The Hall–Kier alpha value is -2.90. The van der Waals surface area contributed by atoms with E-state index in [2.05, 4.69) is 10.1 Å². The Balaban J connectivity index is 2.61. The van der Waals surface area contributed by atoms with E-state index < -0.39 is 24.5 Å². The molecule has 0 amide bonds. The molecule has 0 unspecified atom stereocenters. The molecule has 0 saturated carbocycles. The molecule has 0 bridgehead atoms. The molecule has 1 aliphatic heterocycles. The molecule has 164 valence electrons. The Morgan fingerprint density at radius 2 is 1.70 bits per heavy atom. The first-order chi connectivity index (χ1) is 14.2. The number of hydrogen-bond acceptors (Lipinski definition) is 6. The Morgan fingerprint density at radius 1 is 1.10 bits per heavy atom. The zero-order valence-electron chi connectivity index (χ0n) is 17.8. The van der Waals surface area contributed by atoms with Crippen LogP contribution in [0, 0.1) is 5.92 Å². The zero-order chi connectivity index (χ0) is 22.4. The molecule has 2 rings (SSSR count). The quantitative estimate of drug-likeness (QED) is 0.629. The molecule has 1 N–H and O–H groups in total. The summed E-state index contributed by atoms with van der Waals surface area (Å²) in [6.45, 7) is 4.38. The van der Waals surface area contributed by atoms with Crippen molar-refractivity contribution in [1.29, 1.82) is 0 Å². The third kappa shape index (κ3) is 5.17. The van der Waals surface area contributed by atoms with E-state index in [1.165, 1.54) is 19.2 Å². The van der Waals surface area contributed by atoms with Crippen molar-refractivity contribution in [1.82, 2.24) is 5.32 Å². The second kappa shape index (κ2) is 10.2. The summed E-state index contributed by atoms with van der Waals surface area (Å²) in [5.74, 6) is -2.29. The highest BCUT2D eigenvalue weighted by atomic mass is 19.3. The van der Waals surface area contributed by atoms with Crippen LogP contribution in [0.3, 0.4) is 0 Å². The van der Waals surface area contributed by atoms with Crippen LogP contribution in [0.25, 0.3) is 0 Å². The molecular weight excluding hydrogens is 396 g/mol. The number of rotatable bonds is 8. The molecule has 1 aromatic rings. The van der Waals surface area contributed by atoms with Crippen LogP contribution in [0.1, 0.15) is 45.6 Å². The van der Waals surface area contributed by atoms with Gasteiger partial charge in [0.1, 0.15) is 5.75 Å². The lowest BCUT2D eigenvalue weighted by Crippen LogP contribution is -2.33. The lowest BCUT2D eigenvalue weighted by Gasteiger charge is -2.31. The summed E-state index contributed by atoms with van der Waals surface area (Å²) in [7, 11) is 1.22. The molecule has 6 nitrogen and oxygen atoms in total. The normalized spacial score (nSPS) is 17.5. The summed E-state index contributed by atoms with van der Waals surface area (Å²) < 4.78 is 41.1. The van der Waals surface area contributed by atoms with Crippen molar-refractivity contribution in [2.24, 2.45) is 5.92 Å². The van der Waals surface area contributed by atoms with Gasteiger partial charge in [-0.1, -0.05) is 38.5 Å². The van der Waals surface area contributed by atoms with E-state index in [0.29, 0.717) is 11.4 Å². The molecule has 1 heterocycles. The number of methoxy groups -OCH3 is 1. The van der Waals surface area contributed by atoms with Crippen LogP contribution in [0.2, 0.25) is 0 Å². The van der Waals surface area contributed by atoms with Crippen LogP contribution in [-0.4, -0.2) is 32.3 Å². The van der Waals surface area contributed by atoms with Gasteiger partial charge in [-0.25, -0.2) is 9.59 Å². The van der Waals surface area contributed by atoms with E-state index in [0.717, 1.165) is 6.42 Å². The maximum atomic E-state index is 13.0. The fraction of sp³-hybridized carbons (Fsp3) is 0.455. The molecular formula is C22H27F2NO5. The van der Waals surface area contributed by atoms with Gasteiger partial charge in [0, 0.05) is 17.0 Å². The summed E-state index contributed by atoms with van der Waals surface area (Å²) in [5.41, 5.74) is 1.44. The Morgan fingerprint density at radius 3 is 2.27 bits per heavy atom. The predicted octanol–water partition coefficient (Wildman–Crippen LogP) is 4.29. The van der Waals surface area contributed by atoms with Crippen LogP contribution < -0.4 is 10.1 Å². The van der Waals surface area contributed by atoms with E-state index in [4.69, 9.17) is 9.47 Å². The number of ether oxygens (including phenoxy) is 3. The third-order valence-electron chi connectivity index (χ3n) is 5.03. The highest BCUT2D eigenvalue weighted by molar-refractivity contribution is 6.00. The van der Waals surface area contributed by atoms with Crippen molar-refractivity contribution in [2.45, 2.75) is 46.6 Å². The summed E-state index contributed by atoms with van der Waals surface area (Å²) in [6.07, 6.45) is 0.824. The number of hydrogen-bond donors (Lipinski definition) is 1. The van der Waals surface area contributed by atoms with Gasteiger partial charge in [0.15, 0.2) is 0 Å². The minimum Gasteiger partial charge on any atom is -0.466 e. The van der Waals surface area contributed by atoms with Gasteiger partial charge >= 0.3 is 18.6 Å². The zero-order valence-corrected chi connectivity index (χ0v) is 17.8. The first-order valence-corrected chi connectivity index (χ1v) is 9.68. The second-order valence-electron chi connectivity index (χ2n) is 7.16. The average molecular weight is 423 g/mol. The van der Waals surface area contributed by atoms with Crippen LogP contribution >= 0.6 is 0 Å². The van der Waals surface area contributed by atoms with Gasteiger partial charge in [-0.3, -0.25) is 0 Å². The SMILES string of the molecule is CC[C@H](C)COC(=O)C1=C(C)NC(C)=C(C(=O)OC)[C@H]1c1ccccc1OC(F)F. The number of carbonyl (C=O) groups is 2. The summed E-state index contributed by atoms with van der Waals surface area (Å²) >= 11 is 0. The molecule has 0 radical (unpaired) electrons. The largest absolute Gasteiger partial charge is 0.466 e. The number of allylic oxidation sites excluding steroid dienone is 2. The third-order valence-corrected chi connectivity index (χ3v) is 5.03. The van der Waals surface area contributed by atoms with E-state index in [1.807, 2.05) is 13.8 Å². The monoisotopic (exact) mass is 423 g/mol. The molecule has 1 aliphatic rings. The van der Waals surface area contributed by atoms with Gasteiger partial charge < -0.3 is 19.5 Å². The number of halogens is 2. The average Bonchev–Trinajstić information content (AvgIpc) is 2.70. The molecule has 0 spiro atoms. The highest BCUT2D eigenvalue weighted by Gasteiger charge is 2.39. The topological polar surface area (TPSA) is 73.9 Å². The van der Waals surface area contributed by atoms with Gasteiger partial charge in [-0.05, 0) is 25.8 Å². The van der Waals surface area contributed by atoms with Gasteiger partial charge in [-0.2, -0.15) is 8.78 Å². The molecule has 2 atom stereocenters. The molecule has 30 heavy (non-hydrogen) atoms. The number of alkyl halides is 2. The van der Waals surface area contributed by atoms with Gasteiger partial charge in [0.25, 0.3) is 0 Å².